The Morgan fingerprint density at radius 3 is 2.58 bits per heavy atom. The van der Waals surface area contributed by atoms with Gasteiger partial charge in [-0.25, -0.2) is 0 Å². The number of hydrogen-bond donors (Lipinski definition) is 1. The first-order chi connectivity index (χ1) is 14.7. The zero-order valence-electron chi connectivity index (χ0n) is 19.9. The Kier molecular flexibility index (Phi) is 7.68. The topological polar surface area (TPSA) is 68.0 Å². The van der Waals surface area contributed by atoms with Gasteiger partial charge < -0.3 is 9.67 Å². The van der Waals surface area contributed by atoms with Gasteiger partial charge in [0.2, 0.25) is 0 Å². The van der Waals surface area contributed by atoms with E-state index in [9.17, 15) is 9.90 Å². The molecular weight excluding hydrogens is 386 g/mol. The minimum Gasteiger partial charge on any atom is -0.396 e. The summed E-state index contributed by atoms with van der Waals surface area (Å²) in [6.07, 6.45) is 6.84. The van der Waals surface area contributed by atoms with E-state index in [1.165, 1.54) is 5.56 Å². The second-order valence-corrected chi connectivity index (χ2v) is 10.5. The van der Waals surface area contributed by atoms with Crippen molar-refractivity contribution in [3.8, 4) is 0 Å². The van der Waals surface area contributed by atoms with E-state index in [1.807, 2.05) is 0 Å². The summed E-state index contributed by atoms with van der Waals surface area (Å²) < 4.78 is 2.30. The number of Topliss-reactive ketones (excluding diaryl/α,β-unsaturated/α-hetero) is 1. The number of rotatable bonds is 11. The molecule has 1 fully saturated rings. The highest BCUT2D eigenvalue weighted by Gasteiger charge is 2.32. The van der Waals surface area contributed by atoms with Gasteiger partial charge in [0, 0.05) is 37.8 Å². The van der Waals surface area contributed by atoms with Gasteiger partial charge in [-0.15, -0.1) is 10.2 Å². The molecule has 1 N–H and O–H groups in total. The summed E-state index contributed by atoms with van der Waals surface area (Å²) in [7, 11) is 0. The fourth-order valence-corrected chi connectivity index (χ4v) is 4.38. The Morgan fingerprint density at radius 1 is 1.23 bits per heavy atom. The van der Waals surface area contributed by atoms with Crippen LogP contribution in [0.15, 0.2) is 18.2 Å². The Balaban J connectivity index is 1.73. The fourth-order valence-electron chi connectivity index (χ4n) is 4.38. The molecule has 170 valence electrons. The third-order valence-corrected chi connectivity index (χ3v) is 6.23. The maximum atomic E-state index is 13.0. The van der Waals surface area contributed by atoms with Gasteiger partial charge in [-0.2, -0.15) is 0 Å². The highest BCUT2D eigenvalue weighted by atomic mass is 16.3. The number of hydrogen-bond acceptors (Lipinski definition) is 4. The van der Waals surface area contributed by atoms with Crippen LogP contribution >= 0.6 is 0 Å². The van der Waals surface area contributed by atoms with E-state index >= 15 is 0 Å². The van der Waals surface area contributed by atoms with E-state index in [0.717, 1.165) is 54.9 Å². The van der Waals surface area contributed by atoms with E-state index < -0.39 is 0 Å². The highest BCUT2D eigenvalue weighted by molar-refractivity contribution is 5.82. The molecule has 5 nitrogen and oxygen atoms in total. The van der Waals surface area contributed by atoms with Crippen LogP contribution in [0.2, 0.25) is 0 Å². The molecule has 0 bridgehead atoms. The van der Waals surface area contributed by atoms with Crippen molar-refractivity contribution in [2.45, 2.75) is 97.9 Å². The first-order valence-corrected chi connectivity index (χ1v) is 11.8. The smallest absolute Gasteiger partial charge is 0.138 e. The maximum Gasteiger partial charge on any atom is 0.138 e. The number of aliphatic hydroxyl groups is 1. The molecule has 2 aromatic rings. The van der Waals surface area contributed by atoms with Crippen LogP contribution in [-0.2, 0) is 17.6 Å². The maximum absolute atomic E-state index is 13.0. The lowest BCUT2D eigenvalue weighted by molar-refractivity contribution is -0.118. The normalized spacial score (nSPS) is 15.3. The first-order valence-electron chi connectivity index (χ1n) is 11.8. The standard InChI is InChI=1S/C26H39N3O2/c1-18-8-9-20(19(2)15-18)16-23(31)17-21(12-14-30)25-28-27-24(29(25)22-10-11-22)7-6-13-26(3,4)5/h8-9,15,21-22,30H,6-7,10-14,16-17H2,1-5H3/t21-/m1/s1. The van der Waals surface area contributed by atoms with Crippen molar-refractivity contribution in [3.05, 3.63) is 46.5 Å². The molecule has 1 atom stereocenters. The summed E-state index contributed by atoms with van der Waals surface area (Å²) in [6.45, 7) is 11.0. The summed E-state index contributed by atoms with van der Waals surface area (Å²) in [6, 6.07) is 6.71. The molecule has 1 saturated carbocycles. The predicted octanol–water partition coefficient (Wildman–Crippen LogP) is 5.27. The number of benzene rings is 1. The van der Waals surface area contributed by atoms with Gasteiger partial charge >= 0.3 is 0 Å². The van der Waals surface area contributed by atoms with Crippen molar-refractivity contribution in [2.75, 3.05) is 6.61 Å². The molecule has 0 unspecified atom stereocenters. The Morgan fingerprint density at radius 2 is 1.97 bits per heavy atom. The molecular formula is C26H39N3O2. The van der Waals surface area contributed by atoms with Crippen molar-refractivity contribution < 1.29 is 9.90 Å². The summed E-state index contributed by atoms with van der Waals surface area (Å²) in [5.74, 6) is 2.07. The van der Waals surface area contributed by atoms with Gasteiger partial charge in [0.1, 0.15) is 17.4 Å². The second-order valence-electron chi connectivity index (χ2n) is 10.5. The molecule has 3 rings (SSSR count). The molecule has 0 amide bonds. The lowest BCUT2D eigenvalue weighted by Crippen LogP contribution is -2.17. The molecule has 0 aliphatic heterocycles. The van der Waals surface area contributed by atoms with Crippen LogP contribution in [0.1, 0.15) is 99.6 Å². The second kappa shape index (κ2) is 10.1. The molecule has 1 heterocycles. The number of aliphatic hydroxyl groups excluding tert-OH is 1. The van der Waals surface area contributed by atoms with E-state index in [1.54, 1.807) is 0 Å². The number of carbonyl (C=O) groups is 1. The summed E-state index contributed by atoms with van der Waals surface area (Å²) in [5.41, 5.74) is 3.77. The molecule has 1 aromatic carbocycles. The number of aromatic nitrogens is 3. The van der Waals surface area contributed by atoms with Crippen LogP contribution in [-0.4, -0.2) is 32.3 Å². The van der Waals surface area contributed by atoms with E-state index in [0.29, 0.717) is 30.7 Å². The van der Waals surface area contributed by atoms with Crippen LogP contribution in [0.4, 0.5) is 0 Å². The monoisotopic (exact) mass is 425 g/mol. The van der Waals surface area contributed by atoms with Crippen molar-refractivity contribution in [1.29, 1.82) is 0 Å². The van der Waals surface area contributed by atoms with Crippen molar-refractivity contribution in [2.24, 2.45) is 5.41 Å². The van der Waals surface area contributed by atoms with E-state index in [2.05, 4.69) is 67.6 Å². The summed E-state index contributed by atoms with van der Waals surface area (Å²) >= 11 is 0. The number of aryl methyl sites for hydroxylation is 3. The lowest BCUT2D eigenvalue weighted by atomic mass is 9.90. The lowest BCUT2D eigenvalue weighted by Gasteiger charge is -2.19. The fraction of sp³-hybridized carbons (Fsp3) is 0.654. The third kappa shape index (κ3) is 6.73. The van der Waals surface area contributed by atoms with Gasteiger partial charge in [0.25, 0.3) is 0 Å². The largest absolute Gasteiger partial charge is 0.396 e. The minimum absolute atomic E-state index is 0.0540. The number of ketones is 1. The zero-order chi connectivity index (χ0) is 22.6. The van der Waals surface area contributed by atoms with Crippen molar-refractivity contribution in [3.63, 3.8) is 0 Å². The first kappa shape index (κ1) is 23.6. The van der Waals surface area contributed by atoms with Crippen LogP contribution in [0.25, 0.3) is 0 Å². The quantitative estimate of drug-likeness (QED) is 0.533. The van der Waals surface area contributed by atoms with Gasteiger partial charge in [0.15, 0.2) is 0 Å². The Hall–Kier alpha value is -2.01. The molecule has 1 aliphatic rings. The molecule has 1 aliphatic carbocycles. The van der Waals surface area contributed by atoms with Crippen LogP contribution in [0, 0.1) is 19.3 Å². The van der Waals surface area contributed by atoms with Crippen LogP contribution < -0.4 is 0 Å². The van der Waals surface area contributed by atoms with Gasteiger partial charge in [-0.1, -0.05) is 44.5 Å². The zero-order valence-corrected chi connectivity index (χ0v) is 19.9. The Bertz CT molecular complexity index is 891. The average molecular weight is 426 g/mol. The Labute approximate surface area is 187 Å². The average Bonchev–Trinajstić information content (AvgIpc) is 3.42. The SMILES string of the molecule is Cc1ccc(CC(=O)C[C@@H](CCO)c2nnc(CCCC(C)(C)C)n2C2CC2)c(C)c1. The molecule has 0 spiro atoms. The molecule has 0 radical (unpaired) electrons. The van der Waals surface area contributed by atoms with Gasteiger partial charge in [-0.3, -0.25) is 4.79 Å². The molecule has 31 heavy (non-hydrogen) atoms. The molecule has 1 aromatic heterocycles. The number of carbonyl (C=O) groups excluding carboxylic acids is 1. The molecule has 0 saturated heterocycles. The number of nitrogens with zero attached hydrogens (tertiary/aromatic N) is 3. The third-order valence-electron chi connectivity index (χ3n) is 6.23. The van der Waals surface area contributed by atoms with Crippen molar-refractivity contribution >= 4 is 5.78 Å². The van der Waals surface area contributed by atoms with E-state index in [4.69, 9.17) is 0 Å². The summed E-state index contributed by atoms with van der Waals surface area (Å²) in [4.78, 5) is 13.0. The van der Waals surface area contributed by atoms with Crippen molar-refractivity contribution in [1.82, 2.24) is 14.8 Å². The minimum atomic E-state index is -0.0762. The van der Waals surface area contributed by atoms with Gasteiger partial charge in [0.05, 0.1) is 0 Å². The predicted molar refractivity (Wildman–Crippen MR) is 124 cm³/mol. The molecule has 5 heteroatoms. The van der Waals surface area contributed by atoms with E-state index in [-0.39, 0.29) is 18.3 Å². The summed E-state index contributed by atoms with van der Waals surface area (Å²) in [5, 5.41) is 18.8. The van der Waals surface area contributed by atoms with Crippen LogP contribution in [0.3, 0.4) is 0 Å². The highest BCUT2D eigenvalue weighted by Crippen LogP contribution is 2.39. The van der Waals surface area contributed by atoms with Crippen LogP contribution in [0.5, 0.6) is 0 Å². The van der Waals surface area contributed by atoms with Gasteiger partial charge in [-0.05, 0) is 62.5 Å².